The van der Waals surface area contributed by atoms with Gasteiger partial charge in [0.15, 0.2) is 11.8 Å². The number of nitrogens with zero attached hydrogens (tertiary/aromatic N) is 6. The summed E-state index contributed by atoms with van der Waals surface area (Å²) in [6.07, 6.45) is 3.26. The van der Waals surface area contributed by atoms with Gasteiger partial charge in [-0.05, 0) is 37.5 Å². The summed E-state index contributed by atoms with van der Waals surface area (Å²) in [5.74, 6) is 4.79. The number of aryl methyl sites for hydroxylation is 1. The Morgan fingerprint density at radius 2 is 2.00 bits per heavy atom. The third-order valence-corrected chi connectivity index (χ3v) is 6.06. The van der Waals surface area contributed by atoms with Gasteiger partial charge >= 0.3 is 0 Å². The fourth-order valence-electron chi connectivity index (χ4n) is 3.40. The van der Waals surface area contributed by atoms with Crippen LogP contribution in [-0.4, -0.2) is 77.5 Å². The average molecular weight is 560 g/mol. The zero-order valence-electron chi connectivity index (χ0n) is 18.9. The van der Waals surface area contributed by atoms with Crippen LogP contribution in [0.15, 0.2) is 29.3 Å². The topological polar surface area (TPSA) is 70.8 Å². The van der Waals surface area contributed by atoms with Crippen LogP contribution in [0.1, 0.15) is 18.1 Å². The summed E-state index contributed by atoms with van der Waals surface area (Å²) in [6.45, 7) is 7.14. The van der Waals surface area contributed by atoms with Crippen molar-refractivity contribution in [2.75, 3.05) is 56.7 Å². The zero-order chi connectivity index (χ0) is 21.3. The van der Waals surface area contributed by atoms with Gasteiger partial charge in [-0.25, -0.2) is 4.99 Å². The lowest BCUT2D eigenvalue weighted by Gasteiger charge is -2.38. The number of anilines is 1. The highest BCUT2D eigenvalue weighted by atomic mass is 127. The molecule has 1 aromatic carbocycles. The first-order chi connectivity index (χ1) is 14.6. The molecule has 10 heteroatoms. The molecule has 1 aliphatic rings. The van der Waals surface area contributed by atoms with Gasteiger partial charge in [0.1, 0.15) is 18.1 Å². The van der Waals surface area contributed by atoms with Crippen LogP contribution in [0, 0.1) is 6.92 Å². The molecule has 1 fully saturated rings. The van der Waals surface area contributed by atoms with E-state index >= 15 is 0 Å². The molecule has 0 amide bonds. The summed E-state index contributed by atoms with van der Waals surface area (Å²) < 4.78 is 7.37. The number of methoxy groups -OCH3 is 1. The molecule has 0 aliphatic carbocycles. The summed E-state index contributed by atoms with van der Waals surface area (Å²) in [5, 5.41) is 11.9. The molecule has 8 nitrogen and oxygen atoms in total. The van der Waals surface area contributed by atoms with Crippen molar-refractivity contribution in [1.29, 1.82) is 0 Å². The average Bonchev–Trinajstić information content (AvgIpc) is 3.11. The number of nitrogens with one attached hydrogen (secondary N) is 1. The summed E-state index contributed by atoms with van der Waals surface area (Å²) in [4.78, 5) is 9.62. The third kappa shape index (κ3) is 7.16. The molecule has 2 aromatic rings. The Morgan fingerprint density at radius 1 is 1.23 bits per heavy atom. The van der Waals surface area contributed by atoms with Gasteiger partial charge in [-0.3, -0.25) is 0 Å². The lowest BCUT2D eigenvalue weighted by molar-refractivity contribution is 0.371. The highest BCUT2D eigenvalue weighted by Gasteiger charge is 2.20. The third-order valence-electron chi connectivity index (χ3n) is 5.36. The first-order valence-corrected chi connectivity index (χ1v) is 11.8. The van der Waals surface area contributed by atoms with Crippen molar-refractivity contribution < 1.29 is 4.74 Å². The predicted molar refractivity (Wildman–Crippen MR) is 140 cm³/mol. The Balaban J connectivity index is 0.00000341. The number of hydrogen-bond donors (Lipinski definition) is 1. The Morgan fingerprint density at radius 3 is 2.65 bits per heavy atom. The Bertz CT molecular complexity index is 837. The van der Waals surface area contributed by atoms with E-state index in [1.807, 2.05) is 42.4 Å². The molecule has 0 atom stereocenters. The van der Waals surface area contributed by atoms with E-state index in [1.54, 1.807) is 7.11 Å². The number of hydrogen-bond acceptors (Lipinski definition) is 6. The largest absolute Gasteiger partial charge is 0.497 e. The summed E-state index contributed by atoms with van der Waals surface area (Å²) in [5.41, 5.74) is 1.20. The maximum atomic E-state index is 5.37. The molecule has 0 saturated carbocycles. The van der Waals surface area contributed by atoms with Crippen LogP contribution >= 0.6 is 35.7 Å². The second-order valence-electron chi connectivity index (χ2n) is 7.31. The van der Waals surface area contributed by atoms with Crippen molar-refractivity contribution >= 4 is 47.4 Å². The lowest BCUT2D eigenvalue weighted by atomic mass is 10.2. The van der Waals surface area contributed by atoms with E-state index in [4.69, 9.17) is 9.73 Å². The molecule has 1 saturated heterocycles. The van der Waals surface area contributed by atoms with Crippen LogP contribution in [0.4, 0.5) is 5.69 Å². The first kappa shape index (κ1) is 25.6. The number of benzene rings is 1. The molecule has 1 aromatic heterocycles. The fourth-order valence-corrected chi connectivity index (χ4v) is 3.84. The minimum absolute atomic E-state index is 0. The monoisotopic (exact) mass is 559 g/mol. The molecule has 172 valence electrons. The van der Waals surface area contributed by atoms with E-state index in [1.165, 1.54) is 5.69 Å². The van der Waals surface area contributed by atoms with Crippen molar-refractivity contribution in [3.05, 3.63) is 35.9 Å². The first-order valence-electron chi connectivity index (χ1n) is 10.4. The summed E-state index contributed by atoms with van der Waals surface area (Å²) in [7, 11) is 3.69. The zero-order valence-corrected chi connectivity index (χ0v) is 22.0. The highest BCUT2D eigenvalue weighted by molar-refractivity contribution is 14.0. The van der Waals surface area contributed by atoms with Crippen LogP contribution in [-0.2, 0) is 13.6 Å². The van der Waals surface area contributed by atoms with Gasteiger partial charge < -0.3 is 24.4 Å². The molecule has 0 spiro atoms. The standard InChI is InChI=1S/C21H33N7OS.HI/c1-17-24-25-20(26(17)2)16-23-21(22-9-6-14-30-4)28-12-10-27(11-13-28)18-7-5-8-19(15-18)29-3;/h5,7-8,15H,6,9-14,16H2,1-4H3,(H,22,23);1H. The molecule has 31 heavy (non-hydrogen) atoms. The van der Waals surface area contributed by atoms with E-state index in [9.17, 15) is 0 Å². The maximum Gasteiger partial charge on any atom is 0.194 e. The van der Waals surface area contributed by atoms with Crippen molar-refractivity contribution in [2.45, 2.75) is 19.9 Å². The predicted octanol–water partition coefficient (Wildman–Crippen LogP) is 2.77. The van der Waals surface area contributed by atoms with E-state index in [-0.39, 0.29) is 24.0 Å². The van der Waals surface area contributed by atoms with Gasteiger partial charge in [-0.1, -0.05) is 6.07 Å². The van der Waals surface area contributed by atoms with Crippen molar-refractivity contribution in [2.24, 2.45) is 12.0 Å². The van der Waals surface area contributed by atoms with Gasteiger partial charge in [0.05, 0.1) is 7.11 Å². The number of aliphatic imine (C=N–C) groups is 1. The molecular weight excluding hydrogens is 525 g/mol. The molecule has 0 bridgehead atoms. The second-order valence-corrected chi connectivity index (χ2v) is 8.30. The SMILES string of the molecule is COc1cccc(N2CCN(C(=NCc3nnc(C)n3C)NCCCSC)CC2)c1.I. The van der Waals surface area contributed by atoms with E-state index < -0.39 is 0 Å². The highest BCUT2D eigenvalue weighted by Crippen LogP contribution is 2.22. The van der Waals surface area contributed by atoms with Crippen molar-refractivity contribution in [3.8, 4) is 5.75 Å². The van der Waals surface area contributed by atoms with Crippen LogP contribution < -0.4 is 15.0 Å². The summed E-state index contributed by atoms with van der Waals surface area (Å²) in [6, 6.07) is 8.27. The molecule has 0 radical (unpaired) electrons. The number of thioether (sulfide) groups is 1. The van der Waals surface area contributed by atoms with Crippen LogP contribution in [0.3, 0.4) is 0 Å². The minimum atomic E-state index is 0. The smallest absolute Gasteiger partial charge is 0.194 e. The minimum Gasteiger partial charge on any atom is -0.497 e. The number of piperazine rings is 1. The molecule has 1 aliphatic heterocycles. The Kier molecular flexibility index (Phi) is 10.7. The Hall–Kier alpha value is -1.69. The molecular formula is C21H34IN7OS. The van der Waals surface area contributed by atoms with Gasteiger partial charge in [0.25, 0.3) is 0 Å². The van der Waals surface area contributed by atoms with Gasteiger partial charge in [0.2, 0.25) is 0 Å². The Labute approximate surface area is 206 Å². The van der Waals surface area contributed by atoms with Crippen LogP contribution in [0.2, 0.25) is 0 Å². The van der Waals surface area contributed by atoms with E-state index in [0.29, 0.717) is 6.54 Å². The molecule has 1 N–H and O–H groups in total. The summed E-state index contributed by atoms with van der Waals surface area (Å²) >= 11 is 1.87. The quantitative estimate of drug-likeness (QED) is 0.231. The number of ether oxygens (including phenoxy) is 1. The number of rotatable bonds is 8. The number of guanidine groups is 1. The van der Waals surface area contributed by atoms with Gasteiger partial charge in [-0.15, -0.1) is 34.2 Å². The van der Waals surface area contributed by atoms with E-state index in [2.05, 4.69) is 43.7 Å². The van der Waals surface area contributed by atoms with E-state index in [0.717, 1.165) is 68.3 Å². The number of halogens is 1. The number of aromatic nitrogens is 3. The van der Waals surface area contributed by atoms with Crippen molar-refractivity contribution in [3.63, 3.8) is 0 Å². The van der Waals surface area contributed by atoms with Crippen LogP contribution in [0.25, 0.3) is 0 Å². The molecule has 3 rings (SSSR count). The fraction of sp³-hybridized carbons (Fsp3) is 0.571. The molecule has 2 heterocycles. The van der Waals surface area contributed by atoms with Gasteiger partial charge in [0, 0.05) is 51.5 Å². The van der Waals surface area contributed by atoms with Crippen LogP contribution in [0.5, 0.6) is 5.75 Å². The maximum absolute atomic E-state index is 5.37. The lowest BCUT2D eigenvalue weighted by Crippen LogP contribution is -2.52. The van der Waals surface area contributed by atoms with Gasteiger partial charge in [-0.2, -0.15) is 11.8 Å². The second kappa shape index (κ2) is 13.0. The molecule has 0 unspecified atom stereocenters. The normalized spacial score (nSPS) is 14.4. The van der Waals surface area contributed by atoms with Crippen molar-refractivity contribution in [1.82, 2.24) is 25.0 Å².